The van der Waals surface area contributed by atoms with Crippen LogP contribution in [0.3, 0.4) is 0 Å². The predicted molar refractivity (Wildman–Crippen MR) is 95.9 cm³/mol. The molecule has 0 bridgehead atoms. The minimum absolute atomic E-state index is 0.0460. The SMILES string of the molecule is Cc1nnc(SCC(=O)Nc2ccc(-c3ccccc3)cc2)s1. The van der Waals surface area contributed by atoms with Crippen molar-refractivity contribution in [3.05, 3.63) is 59.6 Å². The molecule has 3 aromatic rings. The van der Waals surface area contributed by atoms with Gasteiger partial charge in [0.15, 0.2) is 4.34 Å². The van der Waals surface area contributed by atoms with Gasteiger partial charge in [0, 0.05) is 5.69 Å². The number of thioether (sulfide) groups is 1. The Balaban J connectivity index is 1.56. The predicted octanol–water partition coefficient (Wildman–Crippen LogP) is 4.24. The first-order valence-corrected chi connectivity index (χ1v) is 8.89. The molecular formula is C17H15N3OS2. The van der Waals surface area contributed by atoms with Crippen molar-refractivity contribution in [3.63, 3.8) is 0 Å². The average Bonchev–Trinajstić information content (AvgIpc) is 3.00. The monoisotopic (exact) mass is 341 g/mol. The number of nitrogens with zero attached hydrogens (tertiary/aromatic N) is 2. The fourth-order valence-electron chi connectivity index (χ4n) is 2.04. The summed E-state index contributed by atoms with van der Waals surface area (Å²) < 4.78 is 0.817. The van der Waals surface area contributed by atoms with Gasteiger partial charge in [-0.3, -0.25) is 4.79 Å². The van der Waals surface area contributed by atoms with Crippen LogP contribution in [0.1, 0.15) is 5.01 Å². The molecule has 6 heteroatoms. The number of carbonyl (C=O) groups is 1. The number of rotatable bonds is 5. The molecule has 0 saturated carbocycles. The van der Waals surface area contributed by atoms with Crippen molar-refractivity contribution in [2.75, 3.05) is 11.1 Å². The standard InChI is InChI=1S/C17H15N3OS2/c1-12-19-20-17(23-12)22-11-16(21)18-15-9-7-14(8-10-15)13-5-3-2-4-6-13/h2-10H,11H2,1H3,(H,18,21). The van der Waals surface area contributed by atoms with Crippen molar-refractivity contribution in [2.24, 2.45) is 0 Å². The van der Waals surface area contributed by atoms with Gasteiger partial charge in [0.25, 0.3) is 0 Å². The lowest BCUT2D eigenvalue weighted by molar-refractivity contribution is -0.113. The first-order valence-electron chi connectivity index (χ1n) is 7.09. The minimum atomic E-state index is -0.0460. The van der Waals surface area contributed by atoms with Crippen LogP contribution in [0, 0.1) is 6.92 Å². The molecule has 1 heterocycles. The van der Waals surface area contributed by atoms with Crippen LogP contribution in [0.25, 0.3) is 11.1 Å². The molecular weight excluding hydrogens is 326 g/mol. The Morgan fingerprint density at radius 1 is 1.04 bits per heavy atom. The number of carbonyl (C=O) groups excluding carboxylic acids is 1. The van der Waals surface area contributed by atoms with Gasteiger partial charge in [-0.2, -0.15) is 0 Å². The van der Waals surface area contributed by atoms with Crippen LogP contribution in [0.5, 0.6) is 0 Å². The summed E-state index contributed by atoms with van der Waals surface area (Å²) in [5.41, 5.74) is 3.08. The van der Waals surface area contributed by atoms with E-state index in [0.717, 1.165) is 26.2 Å². The van der Waals surface area contributed by atoms with Gasteiger partial charge in [0.1, 0.15) is 5.01 Å². The van der Waals surface area contributed by atoms with Gasteiger partial charge < -0.3 is 5.32 Å². The maximum absolute atomic E-state index is 12.0. The van der Waals surface area contributed by atoms with E-state index in [9.17, 15) is 4.79 Å². The van der Waals surface area contributed by atoms with Gasteiger partial charge in [-0.1, -0.05) is 65.6 Å². The highest BCUT2D eigenvalue weighted by atomic mass is 32.2. The molecule has 0 aliphatic heterocycles. The molecule has 3 rings (SSSR count). The lowest BCUT2D eigenvalue weighted by Gasteiger charge is -2.06. The number of aryl methyl sites for hydroxylation is 1. The van der Waals surface area contributed by atoms with E-state index in [1.165, 1.54) is 23.1 Å². The Kier molecular flexibility index (Phi) is 5.05. The first-order chi connectivity index (χ1) is 11.2. The van der Waals surface area contributed by atoms with Crippen LogP contribution in [0.15, 0.2) is 58.9 Å². The van der Waals surface area contributed by atoms with Gasteiger partial charge in [0.05, 0.1) is 5.75 Å². The number of hydrogen-bond donors (Lipinski definition) is 1. The molecule has 116 valence electrons. The van der Waals surface area contributed by atoms with Gasteiger partial charge in [0.2, 0.25) is 5.91 Å². The third-order valence-corrected chi connectivity index (χ3v) is 5.08. The largest absolute Gasteiger partial charge is 0.325 e. The zero-order valence-electron chi connectivity index (χ0n) is 12.5. The van der Waals surface area contributed by atoms with E-state index in [1.807, 2.05) is 49.4 Å². The average molecular weight is 341 g/mol. The maximum Gasteiger partial charge on any atom is 0.234 e. The van der Waals surface area contributed by atoms with Crippen LogP contribution >= 0.6 is 23.1 Å². The molecule has 4 nitrogen and oxygen atoms in total. The summed E-state index contributed by atoms with van der Waals surface area (Å²) in [7, 11) is 0. The fraction of sp³-hybridized carbons (Fsp3) is 0.118. The van der Waals surface area contributed by atoms with Crippen LogP contribution in [-0.2, 0) is 4.79 Å². The van der Waals surface area contributed by atoms with Crippen molar-refractivity contribution < 1.29 is 4.79 Å². The van der Waals surface area contributed by atoms with E-state index in [2.05, 4.69) is 27.6 Å². The van der Waals surface area contributed by atoms with Crippen LogP contribution in [-0.4, -0.2) is 21.9 Å². The van der Waals surface area contributed by atoms with Crippen molar-refractivity contribution >= 4 is 34.7 Å². The zero-order valence-corrected chi connectivity index (χ0v) is 14.2. The minimum Gasteiger partial charge on any atom is -0.325 e. The molecule has 0 saturated heterocycles. The topological polar surface area (TPSA) is 54.9 Å². The third-order valence-electron chi connectivity index (χ3n) is 3.11. The molecule has 1 N–H and O–H groups in total. The van der Waals surface area contributed by atoms with Crippen molar-refractivity contribution in [2.45, 2.75) is 11.3 Å². The quantitative estimate of drug-likeness (QED) is 0.705. The first kappa shape index (κ1) is 15.7. The molecule has 0 aliphatic carbocycles. The molecule has 2 aromatic carbocycles. The number of anilines is 1. The normalized spacial score (nSPS) is 10.5. The summed E-state index contributed by atoms with van der Waals surface area (Å²) >= 11 is 2.90. The van der Waals surface area contributed by atoms with E-state index in [-0.39, 0.29) is 5.91 Å². The van der Waals surface area contributed by atoms with Crippen molar-refractivity contribution in [1.29, 1.82) is 0 Å². The van der Waals surface area contributed by atoms with Gasteiger partial charge in [-0.15, -0.1) is 10.2 Å². The molecule has 0 unspecified atom stereocenters. The highest BCUT2D eigenvalue weighted by molar-refractivity contribution is 8.01. The Hall–Kier alpha value is -2.18. The number of amides is 1. The van der Waals surface area contributed by atoms with E-state index in [4.69, 9.17) is 0 Å². The molecule has 1 aromatic heterocycles. The smallest absolute Gasteiger partial charge is 0.234 e. The molecule has 0 spiro atoms. The molecule has 0 radical (unpaired) electrons. The van der Waals surface area contributed by atoms with Crippen molar-refractivity contribution in [3.8, 4) is 11.1 Å². The Bertz CT molecular complexity index is 785. The van der Waals surface area contributed by atoms with E-state index in [1.54, 1.807) is 0 Å². The summed E-state index contributed by atoms with van der Waals surface area (Å²) in [6.07, 6.45) is 0. The highest BCUT2D eigenvalue weighted by Gasteiger charge is 2.07. The molecule has 23 heavy (non-hydrogen) atoms. The summed E-state index contributed by atoms with van der Waals surface area (Å²) in [4.78, 5) is 12.0. The number of benzene rings is 2. The second-order valence-corrected chi connectivity index (χ2v) is 7.27. The molecule has 0 fully saturated rings. The van der Waals surface area contributed by atoms with Gasteiger partial charge in [-0.25, -0.2) is 0 Å². The third kappa shape index (κ3) is 4.40. The summed E-state index contributed by atoms with van der Waals surface area (Å²) in [5.74, 6) is 0.282. The summed E-state index contributed by atoms with van der Waals surface area (Å²) in [5, 5.41) is 11.7. The second-order valence-electron chi connectivity index (χ2n) is 4.87. The maximum atomic E-state index is 12.0. The summed E-state index contributed by atoms with van der Waals surface area (Å²) in [6.45, 7) is 1.90. The zero-order chi connectivity index (χ0) is 16.1. The van der Waals surface area contributed by atoms with E-state index < -0.39 is 0 Å². The highest BCUT2D eigenvalue weighted by Crippen LogP contribution is 2.23. The Labute approximate surface area is 143 Å². The van der Waals surface area contributed by atoms with E-state index in [0.29, 0.717) is 5.75 Å². The van der Waals surface area contributed by atoms with Crippen molar-refractivity contribution in [1.82, 2.24) is 10.2 Å². The molecule has 0 aliphatic rings. The number of aromatic nitrogens is 2. The van der Waals surface area contributed by atoms with Crippen LogP contribution < -0.4 is 5.32 Å². The Morgan fingerprint density at radius 2 is 1.74 bits per heavy atom. The lowest BCUT2D eigenvalue weighted by Crippen LogP contribution is -2.13. The van der Waals surface area contributed by atoms with Gasteiger partial charge in [-0.05, 0) is 30.2 Å². The van der Waals surface area contributed by atoms with Crippen LogP contribution in [0.2, 0.25) is 0 Å². The molecule has 0 atom stereocenters. The second kappa shape index (κ2) is 7.39. The van der Waals surface area contributed by atoms with E-state index >= 15 is 0 Å². The molecule has 1 amide bonds. The fourth-order valence-corrected chi connectivity index (χ4v) is 3.65. The van der Waals surface area contributed by atoms with Crippen LogP contribution in [0.4, 0.5) is 5.69 Å². The van der Waals surface area contributed by atoms with Gasteiger partial charge >= 0.3 is 0 Å². The number of nitrogens with one attached hydrogen (secondary N) is 1. The Morgan fingerprint density at radius 3 is 2.39 bits per heavy atom. The summed E-state index contributed by atoms with van der Waals surface area (Å²) in [6, 6.07) is 18.0. The lowest BCUT2D eigenvalue weighted by atomic mass is 10.1. The number of hydrogen-bond acceptors (Lipinski definition) is 5.